The molecule has 2 N–H and O–H groups in total. The number of benzene rings is 1. The number of aliphatic hydroxyl groups excluding tert-OH is 1. The van der Waals surface area contributed by atoms with Gasteiger partial charge in [0, 0.05) is 6.54 Å². The van der Waals surface area contributed by atoms with Crippen molar-refractivity contribution >= 4 is 0 Å². The van der Waals surface area contributed by atoms with Crippen molar-refractivity contribution in [1.82, 2.24) is 5.32 Å². The van der Waals surface area contributed by atoms with Crippen LogP contribution in [0.5, 0.6) is 11.5 Å². The fraction of sp³-hybridized carbons (Fsp3) is 0.625. The van der Waals surface area contributed by atoms with Crippen molar-refractivity contribution in [3.05, 3.63) is 24.3 Å². The molecule has 0 heterocycles. The summed E-state index contributed by atoms with van der Waals surface area (Å²) in [4.78, 5) is 0. The third-order valence-electron chi connectivity index (χ3n) is 2.84. The molecule has 0 radical (unpaired) electrons. The lowest BCUT2D eigenvalue weighted by molar-refractivity contribution is 0.106. The fourth-order valence-corrected chi connectivity index (χ4v) is 1.66. The average Bonchev–Trinajstić information content (AvgIpc) is 2.47. The molecular formula is C16H27NO3. The van der Waals surface area contributed by atoms with Gasteiger partial charge in [-0.25, -0.2) is 0 Å². The number of hydrogen-bond acceptors (Lipinski definition) is 4. The van der Waals surface area contributed by atoms with E-state index in [2.05, 4.69) is 19.2 Å². The smallest absolute Gasteiger partial charge is 0.119 e. The number of nitrogens with one attached hydrogen (secondary N) is 1. The zero-order valence-electron chi connectivity index (χ0n) is 12.6. The molecule has 0 spiro atoms. The highest BCUT2D eigenvalue weighted by Gasteiger charge is 2.04. The van der Waals surface area contributed by atoms with Gasteiger partial charge in [0.15, 0.2) is 0 Å². The zero-order chi connectivity index (χ0) is 14.6. The fourth-order valence-electron chi connectivity index (χ4n) is 1.66. The van der Waals surface area contributed by atoms with Crippen LogP contribution in [0.25, 0.3) is 0 Å². The third kappa shape index (κ3) is 7.36. The molecule has 0 bridgehead atoms. The number of aliphatic hydroxyl groups is 1. The molecule has 0 aliphatic carbocycles. The largest absolute Gasteiger partial charge is 0.494 e. The van der Waals surface area contributed by atoms with Gasteiger partial charge >= 0.3 is 0 Å². The Morgan fingerprint density at radius 3 is 2.30 bits per heavy atom. The Morgan fingerprint density at radius 2 is 1.70 bits per heavy atom. The van der Waals surface area contributed by atoms with Crippen LogP contribution in [0.2, 0.25) is 0 Å². The Balaban J connectivity index is 2.23. The van der Waals surface area contributed by atoms with E-state index in [-0.39, 0.29) is 0 Å². The van der Waals surface area contributed by atoms with Gasteiger partial charge in [0.1, 0.15) is 24.2 Å². The second kappa shape index (κ2) is 10.5. The van der Waals surface area contributed by atoms with Crippen LogP contribution >= 0.6 is 0 Å². The van der Waals surface area contributed by atoms with Crippen LogP contribution < -0.4 is 14.8 Å². The topological polar surface area (TPSA) is 50.7 Å². The van der Waals surface area contributed by atoms with Crippen molar-refractivity contribution < 1.29 is 14.6 Å². The maximum atomic E-state index is 9.72. The maximum absolute atomic E-state index is 9.72. The molecule has 0 aliphatic rings. The minimum atomic E-state index is -0.484. The van der Waals surface area contributed by atoms with Crippen LogP contribution in [0.1, 0.15) is 33.1 Å². The number of unbranched alkanes of at least 4 members (excludes halogenated alkanes) is 1. The first kappa shape index (κ1) is 16.8. The zero-order valence-corrected chi connectivity index (χ0v) is 12.6. The Kier molecular flexibility index (Phi) is 8.83. The monoisotopic (exact) mass is 281 g/mol. The van der Waals surface area contributed by atoms with Crippen LogP contribution in [-0.4, -0.2) is 37.5 Å². The minimum absolute atomic E-state index is 0.298. The van der Waals surface area contributed by atoms with E-state index in [0.29, 0.717) is 13.2 Å². The second-order valence-electron chi connectivity index (χ2n) is 4.84. The summed E-state index contributed by atoms with van der Waals surface area (Å²) in [5.74, 6) is 1.61. The highest BCUT2D eigenvalue weighted by Crippen LogP contribution is 2.17. The summed E-state index contributed by atoms with van der Waals surface area (Å²) >= 11 is 0. The first-order chi connectivity index (χ1) is 9.76. The Hall–Kier alpha value is -1.26. The van der Waals surface area contributed by atoms with Crippen molar-refractivity contribution in [1.29, 1.82) is 0 Å². The van der Waals surface area contributed by atoms with Crippen LogP contribution in [0, 0.1) is 0 Å². The number of ether oxygens (including phenoxy) is 2. The van der Waals surface area contributed by atoms with E-state index in [4.69, 9.17) is 9.47 Å². The van der Waals surface area contributed by atoms with Gasteiger partial charge in [0.2, 0.25) is 0 Å². The van der Waals surface area contributed by atoms with Crippen molar-refractivity contribution in [3.8, 4) is 11.5 Å². The lowest BCUT2D eigenvalue weighted by Crippen LogP contribution is -2.31. The van der Waals surface area contributed by atoms with Gasteiger partial charge in [0.25, 0.3) is 0 Å². The minimum Gasteiger partial charge on any atom is -0.494 e. The molecule has 1 atom stereocenters. The standard InChI is InChI=1S/C16H27NO3/c1-3-5-11-19-15-6-8-16(9-7-15)20-13-14(18)12-17-10-4-2/h6-9,14,17-18H,3-5,10-13H2,1-2H3. The van der Waals surface area contributed by atoms with E-state index in [1.54, 1.807) is 0 Å². The van der Waals surface area contributed by atoms with Crippen LogP contribution in [0.4, 0.5) is 0 Å². The molecule has 20 heavy (non-hydrogen) atoms. The van der Waals surface area contributed by atoms with Gasteiger partial charge in [-0.1, -0.05) is 20.3 Å². The van der Waals surface area contributed by atoms with E-state index in [9.17, 15) is 5.11 Å². The molecule has 0 amide bonds. The van der Waals surface area contributed by atoms with E-state index in [1.807, 2.05) is 24.3 Å². The number of rotatable bonds is 11. The van der Waals surface area contributed by atoms with Gasteiger partial charge in [-0.15, -0.1) is 0 Å². The quantitative estimate of drug-likeness (QED) is 0.612. The predicted octanol–water partition coefficient (Wildman–Crippen LogP) is 2.60. The van der Waals surface area contributed by atoms with Crippen LogP contribution in [0.3, 0.4) is 0 Å². The Labute approximate surface area is 122 Å². The Morgan fingerprint density at radius 1 is 1.05 bits per heavy atom. The summed E-state index contributed by atoms with van der Waals surface area (Å²) < 4.78 is 11.1. The Bertz CT molecular complexity index is 340. The molecule has 0 fully saturated rings. The molecular weight excluding hydrogens is 254 g/mol. The first-order valence-electron chi connectivity index (χ1n) is 7.50. The lowest BCUT2D eigenvalue weighted by atomic mass is 10.3. The van der Waals surface area contributed by atoms with E-state index in [1.165, 1.54) is 0 Å². The molecule has 0 saturated carbocycles. The summed E-state index contributed by atoms with van der Waals surface area (Å²) in [6, 6.07) is 7.53. The van der Waals surface area contributed by atoms with Crippen molar-refractivity contribution in [3.63, 3.8) is 0 Å². The molecule has 4 nitrogen and oxygen atoms in total. The van der Waals surface area contributed by atoms with Crippen LogP contribution in [0.15, 0.2) is 24.3 Å². The van der Waals surface area contributed by atoms with Crippen molar-refractivity contribution in [2.24, 2.45) is 0 Å². The summed E-state index contributed by atoms with van der Waals surface area (Å²) in [5, 5.41) is 12.9. The van der Waals surface area contributed by atoms with Crippen molar-refractivity contribution in [2.75, 3.05) is 26.3 Å². The van der Waals surface area contributed by atoms with Gasteiger partial charge < -0.3 is 19.9 Å². The predicted molar refractivity (Wildman–Crippen MR) is 81.5 cm³/mol. The summed E-state index contributed by atoms with van der Waals surface area (Å²) in [6.45, 7) is 6.76. The molecule has 1 unspecified atom stereocenters. The van der Waals surface area contributed by atoms with Gasteiger partial charge in [0.05, 0.1) is 6.61 Å². The van der Waals surface area contributed by atoms with Gasteiger partial charge in [-0.05, 0) is 43.7 Å². The molecule has 0 saturated heterocycles. The highest BCUT2D eigenvalue weighted by molar-refractivity contribution is 5.31. The summed E-state index contributed by atoms with van der Waals surface area (Å²) in [6.07, 6.45) is 2.77. The maximum Gasteiger partial charge on any atom is 0.119 e. The lowest BCUT2D eigenvalue weighted by Gasteiger charge is -2.13. The molecule has 1 aromatic rings. The van der Waals surface area contributed by atoms with E-state index < -0.39 is 6.10 Å². The van der Waals surface area contributed by atoms with E-state index in [0.717, 1.165) is 43.9 Å². The number of hydrogen-bond donors (Lipinski definition) is 2. The SMILES string of the molecule is CCCCOc1ccc(OCC(O)CNCCC)cc1. The molecule has 0 aromatic heterocycles. The average molecular weight is 281 g/mol. The van der Waals surface area contributed by atoms with Crippen molar-refractivity contribution in [2.45, 2.75) is 39.2 Å². The third-order valence-corrected chi connectivity index (χ3v) is 2.84. The molecule has 0 aliphatic heterocycles. The molecule has 114 valence electrons. The van der Waals surface area contributed by atoms with Gasteiger partial charge in [-0.3, -0.25) is 0 Å². The molecule has 1 aromatic carbocycles. The summed E-state index contributed by atoms with van der Waals surface area (Å²) in [7, 11) is 0. The summed E-state index contributed by atoms with van der Waals surface area (Å²) in [5.41, 5.74) is 0. The first-order valence-corrected chi connectivity index (χ1v) is 7.50. The van der Waals surface area contributed by atoms with Gasteiger partial charge in [-0.2, -0.15) is 0 Å². The molecule has 4 heteroatoms. The normalized spacial score (nSPS) is 12.2. The second-order valence-corrected chi connectivity index (χ2v) is 4.84. The molecule has 1 rings (SSSR count). The van der Waals surface area contributed by atoms with E-state index >= 15 is 0 Å². The highest BCUT2D eigenvalue weighted by atomic mass is 16.5. The van der Waals surface area contributed by atoms with Crippen LogP contribution in [-0.2, 0) is 0 Å².